The summed E-state index contributed by atoms with van der Waals surface area (Å²) in [4.78, 5) is 0. The Hall–Kier alpha value is -1.77. The third kappa shape index (κ3) is 2.37. The highest BCUT2D eigenvalue weighted by Gasteiger charge is 2.45. The fraction of sp³-hybridized carbons (Fsp3) is 0.438. The smallest absolute Gasteiger partial charge is 0.348 e. The van der Waals surface area contributed by atoms with Crippen LogP contribution in [0.4, 0.5) is 0 Å². The molecule has 0 amide bonds. The summed E-state index contributed by atoms with van der Waals surface area (Å²) in [6.07, 6.45) is 4.39. The SMILES string of the molecule is CC12CCC[N+](Cc3ccccc3)=C1OC=C(O)C2. The number of ether oxygens (including phenoxy) is 1. The highest BCUT2D eigenvalue weighted by molar-refractivity contribution is 5.79. The normalized spacial score (nSPS) is 26.5. The fourth-order valence-corrected chi connectivity index (χ4v) is 3.15. The van der Waals surface area contributed by atoms with E-state index in [1.54, 1.807) is 0 Å². The summed E-state index contributed by atoms with van der Waals surface area (Å²) in [6, 6.07) is 10.5. The monoisotopic (exact) mass is 258 g/mol. The molecule has 1 atom stereocenters. The first-order valence-electron chi connectivity index (χ1n) is 6.88. The first kappa shape index (κ1) is 12.3. The van der Waals surface area contributed by atoms with Crippen molar-refractivity contribution in [3.63, 3.8) is 0 Å². The summed E-state index contributed by atoms with van der Waals surface area (Å²) < 4.78 is 8.02. The highest BCUT2D eigenvalue weighted by atomic mass is 16.5. The summed E-state index contributed by atoms with van der Waals surface area (Å²) in [6.45, 7) is 4.08. The summed E-state index contributed by atoms with van der Waals surface area (Å²) in [5.41, 5.74) is 1.24. The molecule has 0 radical (unpaired) electrons. The summed E-state index contributed by atoms with van der Waals surface area (Å²) >= 11 is 0. The molecule has 1 N–H and O–H groups in total. The second-order valence-electron chi connectivity index (χ2n) is 5.78. The van der Waals surface area contributed by atoms with E-state index < -0.39 is 0 Å². The van der Waals surface area contributed by atoms with Gasteiger partial charge in [0.05, 0.1) is 5.41 Å². The van der Waals surface area contributed by atoms with Gasteiger partial charge in [-0.15, -0.1) is 0 Å². The Kier molecular flexibility index (Phi) is 3.05. The van der Waals surface area contributed by atoms with E-state index in [0.29, 0.717) is 12.2 Å². The molecular weight excluding hydrogens is 238 g/mol. The van der Waals surface area contributed by atoms with Crippen LogP contribution in [0.3, 0.4) is 0 Å². The number of allylic oxidation sites excluding steroid dienone is 1. The Labute approximate surface area is 113 Å². The number of benzene rings is 1. The first-order valence-corrected chi connectivity index (χ1v) is 6.88. The Bertz CT molecular complexity index is 533. The lowest BCUT2D eigenvalue weighted by atomic mass is 9.78. The van der Waals surface area contributed by atoms with Crippen LogP contribution in [0, 0.1) is 5.41 Å². The molecule has 3 heteroatoms. The number of nitrogens with zero attached hydrogens (tertiary/aromatic N) is 1. The van der Waals surface area contributed by atoms with Crippen LogP contribution in [0.2, 0.25) is 0 Å². The molecule has 1 aromatic rings. The van der Waals surface area contributed by atoms with Gasteiger partial charge < -0.3 is 9.84 Å². The largest absolute Gasteiger partial charge is 0.509 e. The van der Waals surface area contributed by atoms with Gasteiger partial charge in [0.1, 0.15) is 18.6 Å². The predicted molar refractivity (Wildman–Crippen MR) is 74.0 cm³/mol. The van der Waals surface area contributed by atoms with E-state index in [9.17, 15) is 5.11 Å². The Morgan fingerprint density at radius 1 is 1.32 bits per heavy atom. The van der Waals surface area contributed by atoms with Crippen molar-refractivity contribution in [2.45, 2.75) is 32.7 Å². The minimum Gasteiger partial charge on any atom is -0.509 e. The average molecular weight is 258 g/mol. The van der Waals surface area contributed by atoms with Crippen molar-refractivity contribution in [2.75, 3.05) is 6.54 Å². The van der Waals surface area contributed by atoms with Crippen molar-refractivity contribution in [1.29, 1.82) is 0 Å². The van der Waals surface area contributed by atoms with Crippen LogP contribution in [0.1, 0.15) is 31.7 Å². The molecule has 2 aliphatic rings. The third-order valence-corrected chi connectivity index (χ3v) is 4.05. The number of aliphatic hydroxyl groups is 1. The molecule has 19 heavy (non-hydrogen) atoms. The molecule has 100 valence electrons. The molecule has 0 saturated heterocycles. The molecule has 0 bridgehead atoms. The van der Waals surface area contributed by atoms with Gasteiger partial charge in [-0.1, -0.05) is 30.3 Å². The predicted octanol–water partition coefficient (Wildman–Crippen LogP) is 3.22. The van der Waals surface area contributed by atoms with E-state index in [4.69, 9.17) is 4.74 Å². The Balaban J connectivity index is 1.93. The number of hydrogen-bond donors (Lipinski definition) is 1. The van der Waals surface area contributed by atoms with Crippen LogP contribution in [0.25, 0.3) is 0 Å². The zero-order valence-electron chi connectivity index (χ0n) is 11.3. The number of hydrogen-bond acceptors (Lipinski definition) is 2. The van der Waals surface area contributed by atoms with Crippen molar-refractivity contribution >= 4 is 5.90 Å². The van der Waals surface area contributed by atoms with Gasteiger partial charge in [-0.25, -0.2) is 0 Å². The van der Waals surface area contributed by atoms with Gasteiger partial charge in [-0.05, 0) is 13.3 Å². The number of rotatable bonds is 2. The minimum absolute atomic E-state index is 0.0497. The van der Waals surface area contributed by atoms with Crippen LogP contribution in [0.15, 0.2) is 42.4 Å². The molecular formula is C16H20NO2+. The van der Waals surface area contributed by atoms with E-state index in [2.05, 4.69) is 35.8 Å². The van der Waals surface area contributed by atoms with Gasteiger partial charge in [0.2, 0.25) is 0 Å². The van der Waals surface area contributed by atoms with Crippen LogP contribution < -0.4 is 0 Å². The van der Waals surface area contributed by atoms with Gasteiger partial charge in [0.25, 0.3) is 0 Å². The Morgan fingerprint density at radius 2 is 2.11 bits per heavy atom. The lowest BCUT2D eigenvalue weighted by Crippen LogP contribution is -2.43. The van der Waals surface area contributed by atoms with Gasteiger partial charge in [0.15, 0.2) is 6.54 Å². The molecule has 0 fully saturated rings. The molecule has 2 aliphatic heterocycles. The van der Waals surface area contributed by atoms with Crippen molar-refractivity contribution in [1.82, 2.24) is 0 Å². The summed E-state index contributed by atoms with van der Waals surface area (Å²) in [5, 5.41) is 9.69. The molecule has 0 aromatic heterocycles. The number of aliphatic hydroxyl groups excluding tert-OH is 1. The molecule has 3 rings (SSSR count). The van der Waals surface area contributed by atoms with Crippen molar-refractivity contribution < 1.29 is 14.4 Å². The molecule has 0 saturated carbocycles. The van der Waals surface area contributed by atoms with Crippen LogP contribution >= 0.6 is 0 Å². The van der Waals surface area contributed by atoms with E-state index in [0.717, 1.165) is 31.8 Å². The molecule has 0 aliphatic carbocycles. The second-order valence-corrected chi connectivity index (χ2v) is 5.78. The van der Waals surface area contributed by atoms with Gasteiger partial charge in [-0.2, -0.15) is 4.58 Å². The first-order chi connectivity index (χ1) is 9.17. The maximum absolute atomic E-state index is 9.69. The van der Waals surface area contributed by atoms with Crippen LogP contribution in [-0.4, -0.2) is 22.1 Å². The zero-order valence-corrected chi connectivity index (χ0v) is 11.3. The number of fused-ring (bicyclic) bond motifs is 1. The highest BCUT2D eigenvalue weighted by Crippen LogP contribution is 2.38. The van der Waals surface area contributed by atoms with Crippen molar-refractivity contribution in [2.24, 2.45) is 5.41 Å². The quantitative estimate of drug-likeness (QED) is 0.826. The van der Waals surface area contributed by atoms with Gasteiger partial charge in [0, 0.05) is 18.4 Å². The molecule has 1 aromatic carbocycles. The van der Waals surface area contributed by atoms with Crippen LogP contribution in [-0.2, 0) is 11.3 Å². The average Bonchev–Trinajstić information content (AvgIpc) is 2.39. The summed E-state index contributed by atoms with van der Waals surface area (Å²) in [5.74, 6) is 1.37. The van der Waals surface area contributed by atoms with E-state index >= 15 is 0 Å². The van der Waals surface area contributed by atoms with Gasteiger partial charge >= 0.3 is 5.90 Å². The lowest BCUT2D eigenvalue weighted by molar-refractivity contribution is -0.561. The molecule has 0 spiro atoms. The van der Waals surface area contributed by atoms with E-state index in [-0.39, 0.29) is 5.41 Å². The Morgan fingerprint density at radius 3 is 2.89 bits per heavy atom. The molecule has 3 nitrogen and oxygen atoms in total. The zero-order chi connectivity index (χ0) is 13.3. The maximum Gasteiger partial charge on any atom is 0.348 e. The molecule has 1 unspecified atom stereocenters. The minimum atomic E-state index is -0.0497. The van der Waals surface area contributed by atoms with E-state index in [1.807, 2.05) is 6.07 Å². The van der Waals surface area contributed by atoms with Crippen molar-refractivity contribution in [3.8, 4) is 0 Å². The standard InChI is InChI=1S/C16H19NO2/c1-16-8-5-9-17(11-13-6-3-2-4-7-13)15(16)19-12-14(18)10-16/h2-4,6-7,12H,5,8-11H2,1H3/p+1. The van der Waals surface area contributed by atoms with Crippen molar-refractivity contribution in [3.05, 3.63) is 47.9 Å². The summed E-state index contributed by atoms with van der Waals surface area (Å²) in [7, 11) is 0. The maximum atomic E-state index is 9.69. The van der Waals surface area contributed by atoms with Crippen LogP contribution in [0.5, 0.6) is 0 Å². The van der Waals surface area contributed by atoms with Gasteiger partial charge in [-0.3, -0.25) is 0 Å². The van der Waals surface area contributed by atoms with E-state index in [1.165, 1.54) is 11.8 Å². The topological polar surface area (TPSA) is 32.5 Å². The lowest BCUT2D eigenvalue weighted by Gasteiger charge is -2.33. The fourth-order valence-electron chi connectivity index (χ4n) is 3.15. The second kappa shape index (κ2) is 4.72. The third-order valence-electron chi connectivity index (χ3n) is 4.05. The molecule has 2 heterocycles.